The van der Waals surface area contributed by atoms with Crippen LogP contribution in [0.15, 0.2) is 30.6 Å². The summed E-state index contributed by atoms with van der Waals surface area (Å²) < 4.78 is 0. The molecule has 1 aliphatic rings. The van der Waals surface area contributed by atoms with Crippen molar-refractivity contribution >= 4 is 23.0 Å². The van der Waals surface area contributed by atoms with Gasteiger partial charge in [-0.1, -0.05) is 0 Å². The first kappa shape index (κ1) is 16.6. The minimum absolute atomic E-state index is 0.0428. The summed E-state index contributed by atoms with van der Waals surface area (Å²) in [4.78, 5) is 34.4. The number of nitro groups is 1. The molecular weight excluding hydrogens is 324 g/mol. The zero-order chi connectivity index (χ0) is 18.0. The maximum absolute atomic E-state index is 11.5. The van der Waals surface area contributed by atoms with E-state index in [4.69, 9.17) is 5.73 Å². The third-order valence-corrected chi connectivity index (χ3v) is 4.20. The summed E-state index contributed by atoms with van der Waals surface area (Å²) in [6.45, 7) is 4.01. The molecule has 1 fully saturated rings. The van der Waals surface area contributed by atoms with Gasteiger partial charge in [-0.3, -0.25) is 14.9 Å². The van der Waals surface area contributed by atoms with Crippen molar-refractivity contribution in [3.8, 4) is 11.4 Å². The molecule has 0 aliphatic carbocycles. The Morgan fingerprint density at radius 2 is 1.84 bits per heavy atom. The van der Waals surface area contributed by atoms with Crippen LogP contribution < -0.4 is 10.6 Å². The number of aromatic nitrogens is 2. The molecule has 1 amide bonds. The number of rotatable bonds is 3. The normalized spacial score (nSPS) is 14.4. The van der Waals surface area contributed by atoms with E-state index in [0.29, 0.717) is 26.2 Å². The van der Waals surface area contributed by atoms with Gasteiger partial charge in [0.1, 0.15) is 11.3 Å². The molecule has 130 valence electrons. The number of amides is 1. The maximum atomic E-state index is 11.5. The summed E-state index contributed by atoms with van der Waals surface area (Å²) in [5.74, 6) is 0.298. The lowest BCUT2D eigenvalue weighted by molar-refractivity contribution is -0.383. The lowest BCUT2D eigenvalue weighted by Gasteiger charge is -2.35. The number of anilines is 2. The SMILES string of the molecule is CC(=O)N1CCN(c2cc(N)c([N+](=O)[O-])c(-c3ncccn3)c2)CC1. The molecule has 0 bridgehead atoms. The van der Waals surface area contributed by atoms with Crippen LogP contribution in [-0.4, -0.2) is 51.9 Å². The number of piperazine rings is 1. The molecule has 0 atom stereocenters. The van der Waals surface area contributed by atoms with Crippen LogP contribution in [0.3, 0.4) is 0 Å². The average molecular weight is 342 g/mol. The summed E-state index contributed by atoms with van der Waals surface area (Å²) >= 11 is 0. The highest BCUT2D eigenvalue weighted by molar-refractivity contribution is 5.83. The summed E-state index contributed by atoms with van der Waals surface area (Å²) in [5.41, 5.74) is 6.87. The highest BCUT2D eigenvalue weighted by Gasteiger charge is 2.26. The molecule has 0 unspecified atom stereocenters. The first-order valence-electron chi connectivity index (χ1n) is 7.83. The molecule has 2 aromatic rings. The summed E-state index contributed by atoms with van der Waals surface area (Å²) in [7, 11) is 0. The van der Waals surface area contributed by atoms with Crippen LogP contribution in [0.25, 0.3) is 11.4 Å². The second kappa shape index (κ2) is 6.71. The van der Waals surface area contributed by atoms with Crippen molar-refractivity contribution < 1.29 is 9.72 Å². The maximum Gasteiger partial charge on any atom is 0.303 e. The van der Waals surface area contributed by atoms with Crippen molar-refractivity contribution in [3.05, 3.63) is 40.7 Å². The quantitative estimate of drug-likeness (QED) is 0.507. The number of benzene rings is 1. The van der Waals surface area contributed by atoms with Crippen molar-refractivity contribution in [1.29, 1.82) is 0 Å². The number of hydrogen-bond acceptors (Lipinski definition) is 7. The molecule has 9 nitrogen and oxygen atoms in total. The molecule has 0 spiro atoms. The van der Waals surface area contributed by atoms with Gasteiger partial charge >= 0.3 is 5.69 Å². The molecule has 9 heteroatoms. The predicted octanol–water partition coefficient (Wildman–Crippen LogP) is 1.30. The van der Waals surface area contributed by atoms with E-state index in [1.807, 2.05) is 4.90 Å². The highest BCUT2D eigenvalue weighted by atomic mass is 16.6. The minimum Gasteiger partial charge on any atom is -0.393 e. The molecule has 1 saturated heterocycles. The Kier molecular flexibility index (Phi) is 4.46. The van der Waals surface area contributed by atoms with Gasteiger partial charge in [-0.05, 0) is 18.2 Å². The van der Waals surface area contributed by atoms with Crippen LogP contribution in [0.1, 0.15) is 6.92 Å². The molecular formula is C16H18N6O3. The van der Waals surface area contributed by atoms with E-state index in [1.165, 1.54) is 12.4 Å². The fraction of sp³-hybridized carbons (Fsp3) is 0.312. The Morgan fingerprint density at radius 3 is 2.40 bits per heavy atom. The fourth-order valence-corrected chi connectivity index (χ4v) is 2.92. The molecule has 25 heavy (non-hydrogen) atoms. The van der Waals surface area contributed by atoms with Crippen LogP contribution in [0.4, 0.5) is 17.1 Å². The summed E-state index contributed by atoms with van der Waals surface area (Å²) in [6.07, 6.45) is 3.06. The molecule has 3 rings (SSSR count). The van der Waals surface area contributed by atoms with E-state index < -0.39 is 4.92 Å². The van der Waals surface area contributed by atoms with Crippen molar-refractivity contribution in [1.82, 2.24) is 14.9 Å². The average Bonchev–Trinajstić information content (AvgIpc) is 2.61. The van der Waals surface area contributed by atoms with E-state index in [-0.39, 0.29) is 28.7 Å². The minimum atomic E-state index is -0.515. The third-order valence-electron chi connectivity index (χ3n) is 4.20. The van der Waals surface area contributed by atoms with Crippen LogP contribution in [0.2, 0.25) is 0 Å². The van der Waals surface area contributed by atoms with Crippen molar-refractivity contribution in [2.24, 2.45) is 0 Å². The summed E-state index contributed by atoms with van der Waals surface area (Å²) in [5, 5.41) is 11.4. The molecule has 1 aromatic carbocycles. The lowest BCUT2D eigenvalue weighted by Crippen LogP contribution is -2.48. The van der Waals surface area contributed by atoms with Gasteiger partial charge in [0.05, 0.1) is 4.92 Å². The van der Waals surface area contributed by atoms with Crippen molar-refractivity contribution in [2.45, 2.75) is 6.92 Å². The zero-order valence-electron chi connectivity index (χ0n) is 13.8. The second-order valence-electron chi connectivity index (χ2n) is 5.75. The number of nitrogens with zero attached hydrogens (tertiary/aromatic N) is 5. The number of nitrogen functional groups attached to an aromatic ring is 1. The molecule has 0 saturated carbocycles. The zero-order valence-corrected chi connectivity index (χ0v) is 13.8. The van der Waals surface area contributed by atoms with Gasteiger partial charge in [0.25, 0.3) is 0 Å². The van der Waals surface area contributed by atoms with Gasteiger partial charge in [-0.2, -0.15) is 0 Å². The van der Waals surface area contributed by atoms with Crippen molar-refractivity contribution in [3.63, 3.8) is 0 Å². The molecule has 0 radical (unpaired) electrons. The Balaban J connectivity index is 1.98. The smallest absolute Gasteiger partial charge is 0.303 e. The summed E-state index contributed by atoms with van der Waals surface area (Å²) in [6, 6.07) is 4.92. The first-order chi connectivity index (χ1) is 12.0. The van der Waals surface area contributed by atoms with Gasteiger partial charge in [0.2, 0.25) is 5.91 Å². The van der Waals surface area contributed by atoms with E-state index in [2.05, 4.69) is 9.97 Å². The van der Waals surface area contributed by atoms with Gasteiger partial charge in [0, 0.05) is 51.2 Å². The number of carbonyl (C=O) groups is 1. The first-order valence-corrected chi connectivity index (χ1v) is 7.83. The fourth-order valence-electron chi connectivity index (χ4n) is 2.92. The van der Waals surface area contributed by atoms with E-state index >= 15 is 0 Å². The second-order valence-corrected chi connectivity index (χ2v) is 5.75. The van der Waals surface area contributed by atoms with Crippen LogP contribution in [0, 0.1) is 10.1 Å². The third kappa shape index (κ3) is 3.35. The standard InChI is InChI=1S/C16H18N6O3/c1-11(23)20-5-7-21(8-6-20)12-9-13(16-18-3-2-4-19-16)15(22(24)25)14(17)10-12/h2-4,9-10H,5-8,17H2,1H3. The topological polar surface area (TPSA) is 118 Å². The number of hydrogen-bond donors (Lipinski definition) is 1. The largest absolute Gasteiger partial charge is 0.393 e. The van der Waals surface area contributed by atoms with Gasteiger partial charge < -0.3 is 15.5 Å². The van der Waals surface area contributed by atoms with E-state index in [9.17, 15) is 14.9 Å². The van der Waals surface area contributed by atoms with Crippen LogP contribution in [0.5, 0.6) is 0 Å². The lowest BCUT2D eigenvalue weighted by atomic mass is 10.1. The van der Waals surface area contributed by atoms with Gasteiger partial charge in [-0.15, -0.1) is 0 Å². The highest BCUT2D eigenvalue weighted by Crippen LogP contribution is 2.37. The Labute approximate surface area is 144 Å². The van der Waals surface area contributed by atoms with Gasteiger partial charge in [-0.25, -0.2) is 9.97 Å². The number of carbonyl (C=O) groups excluding carboxylic acids is 1. The molecule has 1 aliphatic heterocycles. The van der Waals surface area contributed by atoms with Crippen LogP contribution in [-0.2, 0) is 4.79 Å². The predicted molar refractivity (Wildman–Crippen MR) is 93.0 cm³/mol. The monoisotopic (exact) mass is 342 g/mol. The number of nitro benzene ring substituents is 1. The number of nitrogens with two attached hydrogens (primary N) is 1. The van der Waals surface area contributed by atoms with Crippen LogP contribution >= 0.6 is 0 Å². The Morgan fingerprint density at radius 1 is 1.20 bits per heavy atom. The van der Waals surface area contributed by atoms with E-state index in [1.54, 1.807) is 30.0 Å². The molecule has 1 aromatic heterocycles. The Bertz CT molecular complexity index is 803. The van der Waals surface area contributed by atoms with Crippen molar-refractivity contribution in [2.75, 3.05) is 36.8 Å². The molecule has 2 N–H and O–H groups in total. The van der Waals surface area contributed by atoms with Gasteiger partial charge in [0.15, 0.2) is 5.82 Å². The van der Waals surface area contributed by atoms with E-state index in [0.717, 1.165) is 5.69 Å². The molecule has 2 heterocycles. The Hall–Kier alpha value is -3.23.